The average molecular weight is 592 g/mol. The van der Waals surface area contributed by atoms with Crippen molar-refractivity contribution in [1.82, 2.24) is 0 Å². The number of unbranched alkanes of at least 4 members (excludes halogenated alkanes) is 4. The van der Waals surface area contributed by atoms with Crippen LogP contribution in [-0.4, -0.2) is 70.7 Å². The number of phenols is 4. The first-order chi connectivity index (χ1) is 14.5. The van der Waals surface area contributed by atoms with Gasteiger partial charge in [0, 0.05) is 11.1 Å². The van der Waals surface area contributed by atoms with Gasteiger partial charge in [0.2, 0.25) is 0 Å². The number of hydrogen-bond acceptors (Lipinski definition) is 4. The first-order valence-electron chi connectivity index (χ1n) is 11.1. The molecule has 8 heteroatoms. The molecular weight excluding hydrogens is 552 g/mol. The summed E-state index contributed by atoms with van der Waals surface area (Å²) in [6, 6.07) is 10.1. The second kappa shape index (κ2) is 14.0. The fraction of sp³-hybridized carbons (Fsp3) is 0.520. The Morgan fingerprint density at radius 1 is 0.515 bits per heavy atom. The molecule has 33 heavy (non-hydrogen) atoms. The van der Waals surface area contributed by atoms with E-state index in [1.807, 2.05) is 12.1 Å². The van der Waals surface area contributed by atoms with Gasteiger partial charge in [-0.3, -0.25) is 0 Å². The molecule has 188 valence electrons. The van der Waals surface area contributed by atoms with E-state index in [0.717, 1.165) is 46.3 Å². The molecule has 0 spiro atoms. The molecule has 4 N–H and O–H groups in total. The summed E-state index contributed by atoms with van der Waals surface area (Å²) in [7, 11) is 8.80. The SMILES string of the molecule is C[N+](C)(CCCCCCC[N+](C)(C)Cc1ccc(O)c(O)c1)Cc1ccc(O)c(O)c1.[Br-].[Br-]. The van der Waals surface area contributed by atoms with Crippen LogP contribution in [0.5, 0.6) is 23.0 Å². The molecule has 2 aromatic rings. The molecule has 0 amide bonds. The second-order valence-corrected chi connectivity index (χ2v) is 10.0. The summed E-state index contributed by atoms with van der Waals surface area (Å²) >= 11 is 0. The molecule has 0 atom stereocenters. The Hall–Kier alpha value is -1.48. The fourth-order valence-corrected chi connectivity index (χ4v) is 4.09. The van der Waals surface area contributed by atoms with Gasteiger partial charge >= 0.3 is 0 Å². The highest BCUT2D eigenvalue weighted by molar-refractivity contribution is 5.40. The topological polar surface area (TPSA) is 80.9 Å². The maximum atomic E-state index is 9.68. The van der Waals surface area contributed by atoms with Crippen molar-refractivity contribution >= 4 is 0 Å². The Morgan fingerprint density at radius 2 is 0.848 bits per heavy atom. The van der Waals surface area contributed by atoms with Crippen molar-refractivity contribution in [3.63, 3.8) is 0 Å². The van der Waals surface area contributed by atoms with Crippen molar-refractivity contribution in [1.29, 1.82) is 0 Å². The van der Waals surface area contributed by atoms with Crippen LogP contribution < -0.4 is 34.0 Å². The van der Waals surface area contributed by atoms with Gasteiger partial charge in [0.25, 0.3) is 0 Å². The Bertz CT molecular complexity index is 791. The van der Waals surface area contributed by atoms with E-state index in [0.29, 0.717) is 0 Å². The van der Waals surface area contributed by atoms with Gasteiger partial charge in [-0.1, -0.05) is 6.42 Å². The lowest BCUT2D eigenvalue weighted by Gasteiger charge is -2.30. The summed E-state index contributed by atoms with van der Waals surface area (Å²) in [6.45, 7) is 3.81. The van der Waals surface area contributed by atoms with Gasteiger partial charge in [-0.25, -0.2) is 0 Å². The van der Waals surface area contributed by atoms with E-state index in [1.54, 1.807) is 24.3 Å². The molecule has 0 unspecified atom stereocenters. The van der Waals surface area contributed by atoms with Gasteiger partial charge in [-0.2, -0.15) is 0 Å². The Morgan fingerprint density at radius 3 is 1.18 bits per heavy atom. The lowest BCUT2D eigenvalue weighted by Crippen LogP contribution is -3.00. The number of quaternary nitrogens is 2. The highest BCUT2D eigenvalue weighted by Crippen LogP contribution is 2.27. The normalized spacial score (nSPS) is 11.5. The van der Waals surface area contributed by atoms with Crippen LogP contribution in [0, 0.1) is 0 Å². The van der Waals surface area contributed by atoms with Gasteiger partial charge in [0.1, 0.15) is 13.1 Å². The van der Waals surface area contributed by atoms with E-state index >= 15 is 0 Å². The van der Waals surface area contributed by atoms with E-state index in [2.05, 4.69) is 28.2 Å². The molecule has 0 aliphatic rings. The lowest BCUT2D eigenvalue weighted by molar-refractivity contribution is -0.904. The number of phenolic OH excluding ortho intramolecular Hbond substituents is 4. The minimum atomic E-state index is -0.0722. The maximum Gasteiger partial charge on any atom is 0.157 e. The molecule has 0 radical (unpaired) electrons. The van der Waals surface area contributed by atoms with Crippen LogP contribution in [0.4, 0.5) is 0 Å². The summed E-state index contributed by atoms with van der Waals surface area (Å²) in [6.07, 6.45) is 5.98. The van der Waals surface area contributed by atoms with Crippen LogP contribution in [0.2, 0.25) is 0 Å². The van der Waals surface area contributed by atoms with Crippen LogP contribution >= 0.6 is 0 Å². The van der Waals surface area contributed by atoms with Gasteiger partial charge < -0.3 is 63.4 Å². The largest absolute Gasteiger partial charge is 1.00 e. The summed E-state index contributed by atoms with van der Waals surface area (Å²) in [5.74, 6) is -0.254. The Balaban J connectivity index is 0.00000512. The predicted octanol–water partition coefficient (Wildman–Crippen LogP) is -1.68. The number of hydrogen-bond donors (Lipinski definition) is 4. The zero-order valence-electron chi connectivity index (χ0n) is 20.3. The van der Waals surface area contributed by atoms with Crippen molar-refractivity contribution in [3.8, 4) is 23.0 Å². The van der Waals surface area contributed by atoms with E-state index in [4.69, 9.17) is 0 Å². The van der Waals surface area contributed by atoms with Gasteiger partial charge in [-0.15, -0.1) is 0 Å². The minimum Gasteiger partial charge on any atom is -1.00 e. The van der Waals surface area contributed by atoms with Crippen LogP contribution in [0.3, 0.4) is 0 Å². The Labute approximate surface area is 219 Å². The van der Waals surface area contributed by atoms with Crippen molar-refractivity contribution < 1.29 is 63.4 Å². The van der Waals surface area contributed by atoms with Gasteiger partial charge in [0.05, 0.1) is 41.3 Å². The van der Waals surface area contributed by atoms with Crippen molar-refractivity contribution in [2.75, 3.05) is 41.3 Å². The van der Waals surface area contributed by atoms with Crippen molar-refractivity contribution in [3.05, 3.63) is 47.5 Å². The van der Waals surface area contributed by atoms with Gasteiger partial charge in [-0.05, 0) is 62.1 Å². The molecule has 6 nitrogen and oxygen atoms in total. The van der Waals surface area contributed by atoms with E-state index < -0.39 is 0 Å². The molecule has 0 heterocycles. The van der Waals surface area contributed by atoms with E-state index in [-0.39, 0.29) is 57.0 Å². The quantitative estimate of drug-likeness (QED) is 0.135. The lowest BCUT2D eigenvalue weighted by atomic mass is 10.1. The maximum absolute atomic E-state index is 9.68. The highest BCUT2D eigenvalue weighted by Gasteiger charge is 2.18. The molecule has 0 aromatic heterocycles. The predicted molar refractivity (Wildman–Crippen MR) is 124 cm³/mol. The van der Waals surface area contributed by atoms with Crippen molar-refractivity contribution in [2.45, 2.75) is 45.2 Å². The van der Waals surface area contributed by atoms with Crippen LogP contribution in [0.15, 0.2) is 36.4 Å². The number of rotatable bonds is 12. The minimum absolute atomic E-state index is 0. The summed E-state index contributed by atoms with van der Waals surface area (Å²) in [5, 5.41) is 38.3. The molecule has 0 saturated heterocycles. The number of aromatic hydroxyl groups is 4. The molecule has 0 aliphatic carbocycles. The highest BCUT2D eigenvalue weighted by atomic mass is 79.9. The monoisotopic (exact) mass is 590 g/mol. The van der Waals surface area contributed by atoms with E-state index in [9.17, 15) is 20.4 Å². The number of nitrogens with zero attached hydrogens (tertiary/aromatic N) is 2. The fourth-order valence-electron chi connectivity index (χ4n) is 4.09. The molecule has 2 rings (SSSR count). The third-order valence-electron chi connectivity index (χ3n) is 5.83. The standard InChI is InChI=1S/C25H38N2O4.2BrH/c1-26(2,18-20-10-12-22(28)24(30)16-20)14-8-6-5-7-9-15-27(3,4)19-21-11-13-23(29)25(31)17-21;;/h10-13,16-17H,5-9,14-15,18-19H2,1-4H3,(H2-2,28,29,30,31);2*1H. The molecule has 0 saturated carbocycles. The second-order valence-electron chi connectivity index (χ2n) is 10.0. The summed E-state index contributed by atoms with van der Waals surface area (Å²) in [5.41, 5.74) is 2.06. The summed E-state index contributed by atoms with van der Waals surface area (Å²) in [4.78, 5) is 0. The van der Waals surface area contributed by atoms with Gasteiger partial charge in [0.15, 0.2) is 23.0 Å². The van der Waals surface area contributed by atoms with Crippen LogP contribution in [0.25, 0.3) is 0 Å². The third kappa shape index (κ3) is 11.5. The zero-order valence-corrected chi connectivity index (χ0v) is 23.4. The molecular formula is C25H40Br2N2O4. The molecule has 2 aromatic carbocycles. The zero-order chi connectivity index (χ0) is 23.1. The van der Waals surface area contributed by atoms with Crippen LogP contribution in [0.1, 0.15) is 43.2 Å². The molecule has 0 fully saturated rings. The first kappa shape index (κ1) is 31.5. The smallest absolute Gasteiger partial charge is 0.157 e. The van der Waals surface area contributed by atoms with Crippen molar-refractivity contribution in [2.24, 2.45) is 0 Å². The molecule has 0 bridgehead atoms. The third-order valence-corrected chi connectivity index (χ3v) is 5.83. The Kier molecular flexibility index (Phi) is 13.4. The van der Waals surface area contributed by atoms with E-state index in [1.165, 1.54) is 32.1 Å². The van der Waals surface area contributed by atoms with Crippen LogP contribution in [-0.2, 0) is 13.1 Å². The number of benzene rings is 2. The molecule has 0 aliphatic heterocycles. The summed E-state index contributed by atoms with van der Waals surface area (Å²) < 4.78 is 1.71. The average Bonchev–Trinajstić information content (AvgIpc) is 2.66. The number of halogens is 2. The first-order valence-corrected chi connectivity index (χ1v) is 11.1.